The minimum Gasteiger partial charge on any atom is -0.383 e. The average Bonchev–Trinajstić information content (AvgIpc) is 2.40. The second-order valence-corrected chi connectivity index (χ2v) is 4.23. The zero-order valence-electron chi connectivity index (χ0n) is 10.7. The second kappa shape index (κ2) is 5.44. The van der Waals surface area contributed by atoms with Gasteiger partial charge in [-0.15, -0.1) is 0 Å². The summed E-state index contributed by atoms with van der Waals surface area (Å²) in [7, 11) is 2.01. The molecule has 0 aromatic carbocycles. The molecule has 0 saturated carbocycles. The molecule has 0 unspecified atom stereocenters. The molecule has 0 radical (unpaired) electrons. The molecule has 2 heterocycles. The van der Waals surface area contributed by atoms with Gasteiger partial charge in [-0.1, -0.05) is 0 Å². The highest BCUT2D eigenvalue weighted by Crippen LogP contribution is 2.18. The third-order valence-corrected chi connectivity index (χ3v) is 2.94. The number of rotatable bonds is 4. The van der Waals surface area contributed by atoms with Crippen LogP contribution in [0.25, 0.3) is 0 Å². The van der Waals surface area contributed by atoms with Gasteiger partial charge in [0.25, 0.3) is 0 Å². The summed E-state index contributed by atoms with van der Waals surface area (Å²) in [5, 5.41) is 0. The van der Waals surface area contributed by atoms with E-state index in [0.717, 1.165) is 24.3 Å². The summed E-state index contributed by atoms with van der Waals surface area (Å²) in [5.41, 5.74) is 7.97. The second-order valence-electron chi connectivity index (χ2n) is 4.23. The van der Waals surface area contributed by atoms with Crippen molar-refractivity contribution < 1.29 is 0 Å². The first-order valence-corrected chi connectivity index (χ1v) is 5.85. The number of pyridine rings is 1. The van der Waals surface area contributed by atoms with E-state index in [9.17, 15) is 0 Å². The fourth-order valence-electron chi connectivity index (χ4n) is 1.79. The van der Waals surface area contributed by atoms with Gasteiger partial charge in [0, 0.05) is 31.5 Å². The smallest absolute Gasteiger partial charge is 0.136 e. The minimum absolute atomic E-state index is 0.538. The third-order valence-electron chi connectivity index (χ3n) is 2.94. The Morgan fingerprint density at radius 3 is 2.67 bits per heavy atom. The van der Waals surface area contributed by atoms with Gasteiger partial charge in [-0.2, -0.15) is 0 Å². The van der Waals surface area contributed by atoms with Gasteiger partial charge in [0.2, 0.25) is 0 Å². The number of nitrogens with zero attached hydrogens (tertiary/aromatic N) is 4. The highest BCUT2D eigenvalue weighted by molar-refractivity contribution is 5.55. The van der Waals surface area contributed by atoms with Crippen molar-refractivity contribution in [2.45, 2.75) is 13.3 Å². The normalized spacial score (nSPS) is 10.3. The van der Waals surface area contributed by atoms with Crippen molar-refractivity contribution in [3.05, 3.63) is 42.0 Å². The lowest BCUT2D eigenvalue weighted by atomic mass is 10.2. The van der Waals surface area contributed by atoms with E-state index >= 15 is 0 Å². The van der Waals surface area contributed by atoms with Crippen LogP contribution in [0.2, 0.25) is 0 Å². The Kier molecular flexibility index (Phi) is 3.72. The van der Waals surface area contributed by atoms with Gasteiger partial charge in [-0.3, -0.25) is 4.98 Å². The fourth-order valence-corrected chi connectivity index (χ4v) is 1.79. The van der Waals surface area contributed by atoms with Crippen LogP contribution in [0.4, 0.5) is 11.6 Å². The Hall–Kier alpha value is -2.17. The number of nitrogens with two attached hydrogens (primary N) is 1. The van der Waals surface area contributed by atoms with E-state index in [1.54, 1.807) is 0 Å². The topological polar surface area (TPSA) is 67.9 Å². The van der Waals surface area contributed by atoms with Gasteiger partial charge in [0.1, 0.15) is 18.0 Å². The van der Waals surface area contributed by atoms with Crippen molar-refractivity contribution in [2.75, 3.05) is 24.2 Å². The van der Waals surface area contributed by atoms with E-state index in [0.29, 0.717) is 5.82 Å². The van der Waals surface area contributed by atoms with Crippen molar-refractivity contribution in [2.24, 2.45) is 0 Å². The van der Waals surface area contributed by atoms with E-state index in [4.69, 9.17) is 5.73 Å². The van der Waals surface area contributed by atoms with E-state index in [1.807, 2.05) is 38.5 Å². The fraction of sp³-hybridized carbons (Fsp3) is 0.308. The van der Waals surface area contributed by atoms with Crippen molar-refractivity contribution >= 4 is 11.6 Å². The quantitative estimate of drug-likeness (QED) is 0.880. The van der Waals surface area contributed by atoms with Crippen LogP contribution >= 0.6 is 0 Å². The molecule has 2 N–H and O–H groups in total. The van der Waals surface area contributed by atoms with Gasteiger partial charge < -0.3 is 10.6 Å². The van der Waals surface area contributed by atoms with Crippen LogP contribution in [0.3, 0.4) is 0 Å². The average molecular weight is 243 g/mol. The Morgan fingerprint density at radius 2 is 1.94 bits per heavy atom. The summed E-state index contributed by atoms with van der Waals surface area (Å²) in [5.74, 6) is 1.42. The number of hydrogen-bond donors (Lipinski definition) is 1. The number of aromatic nitrogens is 3. The summed E-state index contributed by atoms with van der Waals surface area (Å²) in [4.78, 5) is 14.3. The maximum Gasteiger partial charge on any atom is 0.136 e. The predicted molar refractivity (Wildman–Crippen MR) is 72.4 cm³/mol. The molecular weight excluding hydrogens is 226 g/mol. The van der Waals surface area contributed by atoms with Gasteiger partial charge in [0.15, 0.2) is 0 Å². The zero-order valence-corrected chi connectivity index (χ0v) is 10.7. The minimum atomic E-state index is 0.538. The molecule has 2 aromatic rings. The SMILES string of the molecule is Cc1c(N)ncnc1N(C)CCc1ccncc1. The summed E-state index contributed by atoms with van der Waals surface area (Å²) in [6.45, 7) is 2.81. The third kappa shape index (κ3) is 2.74. The highest BCUT2D eigenvalue weighted by atomic mass is 15.2. The molecule has 0 amide bonds. The first-order valence-electron chi connectivity index (χ1n) is 5.85. The van der Waals surface area contributed by atoms with Crippen LogP contribution in [0.1, 0.15) is 11.1 Å². The van der Waals surface area contributed by atoms with Crippen LogP contribution in [0.15, 0.2) is 30.9 Å². The lowest BCUT2D eigenvalue weighted by Crippen LogP contribution is -2.23. The molecular formula is C13H17N5. The van der Waals surface area contributed by atoms with Crippen LogP contribution < -0.4 is 10.6 Å². The van der Waals surface area contributed by atoms with Crippen molar-refractivity contribution in [3.8, 4) is 0 Å². The molecule has 0 spiro atoms. The first kappa shape index (κ1) is 12.3. The lowest BCUT2D eigenvalue weighted by Gasteiger charge is -2.20. The van der Waals surface area contributed by atoms with Crippen LogP contribution in [0.5, 0.6) is 0 Å². The Morgan fingerprint density at radius 1 is 1.22 bits per heavy atom. The van der Waals surface area contributed by atoms with E-state index < -0.39 is 0 Å². The molecule has 0 fully saturated rings. The molecule has 0 aliphatic carbocycles. The number of likely N-dealkylation sites (N-methyl/N-ethyl adjacent to an activating group) is 1. The van der Waals surface area contributed by atoms with Gasteiger partial charge >= 0.3 is 0 Å². The molecule has 2 rings (SSSR count). The largest absolute Gasteiger partial charge is 0.383 e. The molecule has 0 saturated heterocycles. The maximum atomic E-state index is 5.78. The Balaban J connectivity index is 2.04. The zero-order chi connectivity index (χ0) is 13.0. The molecule has 0 aliphatic heterocycles. The van der Waals surface area contributed by atoms with E-state index in [1.165, 1.54) is 11.9 Å². The molecule has 2 aromatic heterocycles. The number of anilines is 2. The van der Waals surface area contributed by atoms with Gasteiger partial charge in [-0.25, -0.2) is 9.97 Å². The molecule has 5 nitrogen and oxygen atoms in total. The van der Waals surface area contributed by atoms with Crippen molar-refractivity contribution in [1.82, 2.24) is 15.0 Å². The Labute approximate surface area is 107 Å². The standard InChI is InChI=1S/C13H17N5/c1-10-12(14)16-9-17-13(10)18(2)8-5-11-3-6-15-7-4-11/h3-4,6-7,9H,5,8H2,1-2H3,(H2,14,16,17). The monoisotopic (exact) mass is 243 g/mol. The highest BCUT2D eigenvalue weighted by Gasteiger charge is 2.08. The summed E-state index contributed by atoms with van der Waals surface area (Å²) in [6.07, 6.45) is 6.06. The van der Waals surface area contributed by atoms with Gasteiger partial charge in [0.05, 0.1) is 0 Å². The van der Waals surface area contributed by atoms with Crippen molar-refractivity contribution in [3.63, 3.8) is 0 Å². The molecule has 0 bridgehead atoms. The summed E-state index contributed by atoms with van der Waals surface area (Å²) < 4.78 is 0. The molecule has 94 valence electrons. The van der Waals surface area contributed by atoms with E-state index in [-0.39, 0.29) is 0 Å². The first-order chi connectivity index (χ1) is 8.68. The molecule has 0 aliphatic rings. The van der Waals surface area contributed by atoms with Crippen molar-refractivity contribution in [1.29, 1.82) is 0 Å². The molecule has 18 heavy (non-hydrogen) atoms. The summed E-state index contributed by atoms with van der Waals surface area (Å²) in [6, 6.07) is 4.05. The van der Waals surface area contributed by atoms with Crippen LogP contribution in [0, 0.1) is 6.92 Å². The summed E-state index contributed by atoms with van der Waals surface area (Å²) >= 11 is 0. The van der Waals surface area contributed by atoms with E-state index in [2.05, 4.69) is 19.9 Å². The van der Waals surface area contributed by atoms with Crippen LogP contribution in [-0.2, 0) is 6.42 Å². The molecule has 5 heteroatoms. The number of nitrogen functional groups attached to an aromatic ring is 1. The van der Waals surface area contributed by atoms with Crippen LogP contribution in [-0.4, -0.2) is 28.5 Å². The number of hydrogen-bond acceptors (Lipinski definition) is 5. The predicted octanol–water partition coefficient (Wildman–Crippen LogP) is 1.44. The Bertz CT molecular complexity index is 512. The maximum absolute atomic E-state index is 5.78. The van der Waals surface area contributed by atoms with Gasteiger partial charge in [-0.05, 0) is 31.0 Å². The molecule has 0 atom stereocenters. The lowest BCUT2D eigenvalue weighted by molar-refractivity contribution is 0.849.